The molecular weight excluding hydrogens is 233 g/mol. The van der Waals surface area contributed by atoms with E-state index < -0.39 is 11.2 Å². The molecule has 1 aromatic carbocycles. The summed E-state index contributed by atoms with van der Waals surface area (Å²) in [5, 5.41) is 2.62. The number of nitrogens with one attached hydrogen (secondary N) is 1. The lowest BCUT2D eigenvalue weighted by Crippen LogP contribution is -2.24. The highest BCUT2D eigenvalue weighted by Crippen LogP contribution is 2.29. The number of fused-ring (bicyclic) bond motifs is 1. The summed E-state index contributed by atoms with van der Waals surface area (Å²) in [6, 6.07) is 2.81. The Balaban J connectivity index is 2.46. The van der Waals surface area contributed by atoms with E-state index in [1.165, 1.54) is 6.07 Å². The molecule has 1 aliphatic rings. The standard InChI is InChI=1S/C14H16FNO2/c1-14(2,3)13(18)9-6-8-4-5-12(17)16-11(8)7-10(9)15/h6-7H,4-5H2,1-3H3,(H,16,17). The number of carbonyl (C=O) groups excluding carboxylic acids is 2. The van der Waals surface area contributed by atoms with Crippen LogP contribution in [0.2, 0.25) is 0 Å². The van der Waals surface area contributed by atoms with E-state index in [4.69, 9.17) is 0 Å². The average molecular weight is 249 g/mol. The second-order valence-electron chi connectivity index (χ2n) is 5.62. The first kappa shape index (κ1) is 12.7. The van der Waals surface area contributed by atoms with Gasteiger partial charge in [0.05, 0.1) is 5.56 Å². The number of hydrogen-bond acceptors (Lipinski definition) is 2. The first-order chi connectivity index (χ1) is 8.29. The van der Waals surface area contributed by atoms with Crippen LogP contribution in [0.3, 0.4) is 0 Å². The Hall–Kier alpha value is -1.71. The van der Waals surface area contributed by atoms with Crippen LogP contribution in [0, 0.1) is 11.2 Å². The van der Waals surface area contributed by atoms with Gasteiger partial charge in [-0.3, -0.25) is 9.59 Å². The number of benzene rings is 1. The van der Waals surface area contributed by atoms with Crippen molar-refractivity contribution in [1.29, 1.82) is 0 Å². The monoisotopic (exact) mass is 249 g/mol. The Morgan fingerprint density at radius 2 is 1.94 bits per heavy atom. The van der Waals surface area contributed by atoms with Crippen LogP contribution in [-0.2, 0) is 11.2 Å². The van der Waals surface area contributed by atoms with Crippen molar-refractivity contribution in [2.45, 2.75) is 33.6 Å². The minimum absolute atomic E-state index is 0.109. The summed E-state index contributed by atoms with van der Waals surface area (Å²) in [6.45, 7) is 5.28. The lowest BCUT2D eigenvalue weighted by molar-refractivity contribution is -0.116. The molecular formula is C14H16FNO2. The molecule has 1 heterocycles. The Morgan fingerprint density at radius 3 is 2.56 bits per heavy atom. The third kappa shape index (κ3) is 2.28. The van der Waals surface area contributed by atoms with Gasteiger partial charge in [-0.25, -0.2) is 4.39 Å². The fourth-order valence-electron chi connectivity index (χ4n) is 1.98. The van der Waals surface area contributed by atoms with Crippen molar-refractivity contribution >= 4 is 17.4 Å². The number of hydrogen-bond donors (Lipinski definition) is 1. The molecule has 0 aromatic heterocycles. The number of carbonyl (C=O) groups is 2. The number of anilines is 1. The number of Topliss-reactive ketones (excluding diaryl/α,β-unsaturated/α-hetero) is 1. The highest BCUT2D eigenvalue weighted by atomic mass is 19.1. The van der Waals surface area contributed by atoms with E-state index in [1.54, 1.807) is 26.8 Å². The predicted octanol–water partition coefficient (Wildman–Crippen LogP) is 2.94. The molecule has 4 heteroatoms. The molecule has 1 N–H and O–H groups in total. The van der Waals surface area contributed by atoms with Crippen molar-refractivity contribution < 1.29 is 14.0 Å². The number of amides is 1. The third-order valence-electron chi connectivity index (χ3n) is 3.01. The zero-order chi connectivity index (χ0) is 13.5. The van der Waals surface area contributed by atoms with E-state index in [0.29, 0.717) is 18.5 Å². The molecule has 0 spiro atoms. The molecule has 18 heavy (non-hydrogen) atoms. The second-order valence-corrected chi connectivity index (χ2v) is 5.62. The van der Waals surface area contributed by atoms with Gasteiger partial charge in [-0.2, -0.15) is 0 Å². The van der Waals surface area contributed by atoms with Gasteiger partial charge in [-0.1, -0.05) is 20.8 Å². The first-order valence-electron chi connectivity index (χ1n) is 5.96. The molecule has 1 amide bonds. The van der Waals surface area contributed by atoms with Gasteiger partial charge < -0.3 is 5.32 Å². The Morgan fingerprint density at radius 1 is 1.28 bits per heavy atom. The van der Waals surface area contributed by atoms with Gasteiger partial charge in [0, 0.05) is 17.5 Å². The number of aryl methyl sites for hydroxylation is 1. The summed E-state index contributed by atoms with van der Waals surface area (Å²) in [7, 11) is 0. The zero-order valence-corrected chi connectivity index (χ0v) is 10.8. The van der Waals surface area contributed by atoms with Crippen LogP contribution in [0.15, 0.2) is 12.1 Å². The third-order valence-corrected chi connectivity index (χ3v) is 3.01. The van der Waals surface area contributed by atoms with Crippen molar-refractivity contribution in [1.82, 2.24) is 0 Å². The molecule has 0 saturated heterocycles. The van der Waals surface area contributed by atoms with E-state index in [0.717, 1.165) is 5.56 Å². The molecule has 3 nitrogen and oxygen atoms in total. The van der Waals surface area contributed by atoms with Crippen molar-refractivity contribution in [2.24, 2.45) is 5.41 Å². The topological polar surface area (TPSA) is 46.2 Å². The lowest BCUT2D eigenvalue weighted by Gasteiger charge is -2.21. The van der Waals surface area contributed by atoms with Gasteiger partial charge in [0.25, 0.3) is 0 Å². The SMILES string of the molecule is CC(C)(C)C(=O)c1cc2c(cc1F)NC(=O)CC2. The van der Waals surface area contributed by atoms with E-state index in [-0.39, 0.29) is 17.3 Å². The van der Waals surface area contributed by atoms with Crippen LogP contribution in [0.1, 0.15) is 43.1 Å². The molecule has 1 aromatic rings. The maximum absolute atomic E-state index is 13.9. The van der Waals surface area contributed by atoms with Gasteiger partial charge in [-0.15, -0.1) is 0 Å². The van der Waals surface area contributed by atoms with Gasteiger partial charge >= 0.3 is 0 Å². The molecule has 2 rings (SSSR count). The molecule has 0 saturated carbocycles. The number of halogens is 1. The molecule has 1 aliphatic heterocycles. The Kier molecular flexibility index (Phi) is 2.97. The van der Waals surface area contributed by atoms with Crippen molar-refractivity contribution in [2.75, 3.05) is 5.32 Å². The molecule has 0 fully saturated rings. The van der Waals surface area contributed by atoms with Gasteiger partial charge in [0.2, 0.25) is 5.91 Å². The minimum Gasteiger partial charge on any atom is -0.326 e. The fourth-order valence-corrected chi connectivity index (χ4v) is 1.98. The summed E-state index contributed by atoms with van der Waals surface area (Å²) < 4.78 is 13.9. The van der Waals surface area contributed by atoms with E-state index >= 15 is 0 Å². The first-order valence-corrected chi connectivity index (χ1v) is 5.96. The molecule has 0 bridgehead atoms. The average Bonchev–Trinajstić information content (AvgIpc) is 2.25. The van der Waals surface area contributed by atoms with E-state index in [9.17, 15) is 14.0 Å². The zero-order valence-electron chi connectivity index (χ0n) is 10.8. The second kappa shape index (κ2) is 4.19. The summed E-state index contributed by atoms with van der Waals surface area (Å²) in [5.41, 5.74) is 0.794. The highest BCUT2D eigenvalue weighted by molar-refractivity contribution is 6.01. The summed E-state index contributed by atoms with van der Waals surface area (Å²) in [4.78, 5) is 23.3. The maximum Gasteiger partial charge on any atom is 0.224 e. The summed E-state index contributed by atoms with van der Waals surface area (Å²) in [5.74, 6) is -0.910. The fraction of sp³-hybridized carbons (Fsp3) is 0.429. The maximum atomic E-state index is 13.9. The van der Waals surface area contributed by atoms with Crippen LogP contribution in [0.4, 0.5) is 10.1 Å². The van der Waals surface area contributed by atoms with Crippen LogP contribution in [0.25, 0.3) is 0 Å². The molecule has 96 valence electrons. The lowest BCUT2D eigenvalue weighted by atomic mass is 9.85. The van der Waals surface area contributed by atoms with E-state index in [1.807, 2.05) is 0 Å². The summed E-state index contributed by atoms with van der Waals surface area (Å²) in [6.07, 6.45) is 0.924. The van der Waals surface area contributed by atoms with Crippen molar-refractivity contribution in [3.63, 3.8) is 0 Å². The minimum atomic E-state index is -0.618. The summed E-state index contributed by atoms with van der Waals surface area (Å²) >= 11 is 0. The Labute approximate surface area is 105 Å². The molecule has 0 aliphatic carbocycles. The van der Waals surface area contributed by atoms with Crippen molar-refractivity contribution in [3.8, 4) is 0 Å². The van der Waals surface area contributed by atoms with Gasteiger partial charge in [0.15, 0.2) is 5.78 Å². The number of ketones is 1. The quantitative estimate of drug-likeness (QED) is 0.778. The van der Waals surface area contributed by atoms with Gasteiger partial charge in [-0.05, 0) is 24.1 Å². The van der Waals surface area contributed by atoms with Crippen LogP contribution in [0.5, 0.6) is 0 Å². The normalized spacial score (nSPS) is 15.0. The van der Waals surface area contributed by atoms with Crippen LogP contribution in [-0.4, -0.2) is 11.7 Å². The molecule has 0 unspecified atom stereocenters. The highest BCUT2D eigenvalue weighted by Gasteiger charge is 2.27. The van der Waals surface area contributed by atoms with Crippen LogP contribution >= 0.6 is 0 Å². The molecule has 0 radical (unpaired) electrons. The Bertz CT molecular complexity index is 529. The van der Waals surface area contributed by atoms with Crippen molar-refractivity contribution in [3.05, 3.63) is 29.1 Å². The number of rotatable bonds is 1. The van der Waals surface area contributed by atoms with Crippen LogP contribution < -0.4 is 5.32 Å². The smallest absolute Gasteiger partial charge is 0.224 e. The van der Waals surface area contributed by atoms with Gasteiger partial charge in [0.1, 0.15) is 5.82 Å². The van der Waals surface area contributed by atoms with E-state index in [2.05, 4.69) is 5.32 Å². The molecule has 0 atom stereocenters. The largest absolute Gasteiger partial charge is 0.326 e. The predicted molar refractivity (Wildman–Crippen MR) is 67.1 cm³/mol.